The van der Waals surface area contributed by atoms with Gasteiger partial charge in [0.05, 0.1) is 6.16 Å². The summed E-state index contributed by atoms with van der Waals surface area (Å²) in [6.07, 6.45) is 14.7. The van der Waals surface area contributed by atoms with E-state index in [1.807, 2.05) is 0 Å². The van der Waals surface area contributed by atoms with E-state index in [9.17, 15) is 0 Å². The molecule has 4 rings (SSSR count). The van der Waals surface area contributed by atoms with E-state index >= 15 is 0 Å². The summed E-state index contributed by atoms with van der Waals surface area (Å²) in [5.74, 6) is 0. The first-order valence-electron chi connectivity index (χ1n) is 14.0. The summed E-state index contributed by atoms with van der Waals surface area (Å²) in [5.41, 5.74) is 1.48. The third-order valence-corrected chi connectivity index (χ3v) is 11.9. The van der Waals surface area contributed by atoms with Gasteiger partial charge in [0.1, 0.15) is 23.2 Å². The van der Waals surface area contributed by atoms with E-state index in [0.717, 1.165) is 0 Å². The fourth-order valence-corrected chi connectivity index (χ4v) is 9.85. The Bertz CT molecular complexity index is 994. The lowest BCUT2D eigenvalue weighted by molar-refractivity contribution is 0.565. The van der Waals surface area contributed by atoms with Crippen LogP contribution in [-0.2, 0) is 6.42 Å². The van der Waals surface area contributed by atoms with Crippen molar-refractivity contribution < 1.29 is 0 Å². The lowest BCUT2D eigenvalue weighted by Gasteiger charge is -2.27. The minimum absolute atomic E-state index is 1.23. The molecule has 0 aliphatic carbocycles. The van der Waals surface area contributed by atoms with Gasteiger partial charge < -0.3 is 0 Å². The molecule has 0 saturated carbocycles. The van der Waals surface area contributed by atoms with Crippen molar-refractivity contribution in [3.8, 4) is 0 Å². The molecule has 0 radical (unpaired) electrons. The highest BCUT2D eigenvalue weighted by atomic mass is 31.2. The SMILES string of the molecule is c1ccc(CCCCCCCCCCC[P+](c2ccccc2)(c2ccccc2)c2ccccc2)cc1. The van der Waals surface area contributed by atoms with E-state index in [4.69, 9.17) is 0 Å². The Morgan fingerprint density at radius 1 is 0.333 bits per heavy atom. The highest BCUT2D eigenvalue weighted by Crippen LogP contribution is 2.56. The summed E-state index contributed by atoms with van der Waals surface area (Å²) in [5, 5.41) is 4.54. The summed E-state index contributed by atoms with van der Waals surface area (Å²) in [4.78, 5) is 0. The average molecular weight is 494 g/mol. The van der Waals surface area contributed by atoms with Crippen LogP contribution in [0.3, 0.4) is 0 Å². The number of unbranched alkanes of at least 4 members (excludes halogenated alkanes) is 8. The van der Waals surface area contributed by atoms with E-state index in [2.05, 4.69) is 121 Å². The molecule has 1 heteroatoms. The number of benzene rings is 4. The Hall–Kier alpha value is -2.69. The second-order valence-electron chi connectivity index (χ2n) is 9.96. The molecule has 0 spiro atoms. The summed E-state index contributed by atoms with van der Waals surface area (Å²) >= 11 is 0. The maximum absolute atomic E-state index is 2.37. The number of aryl methyl sites for hydroxylation is 1. The second kappa shape index (κ2) is 14.8. The Morgan fingerprint density at radius 3 is 1.08 bits per heavy atom. The fourth-order valence-electron chi connectivity index (χ4n) is 5.44. The first kappa shape index (κ1) is 26.4. The molecule has 4 aromatic rings. The fraction of sp³-hybridized carbons (Fsp3) is 0.314. The van der Waals surface area contributed by atoms with Gasteiger partial charge in [-0.2, -0.15) is 0 Å². The van der Waals surface area contributed by atoms with Crippen LogP contribution in [0.5, 0.6) is 0 Å². The van der Waals surface area contributed by atoms with E-state index in [-0.39, 0.29) is 0 Å². The van der Waals surface area contributed by atoms with Crippen molar-refractivity contribution in [2.75, 3.05) is 6.16 Å². The molecule has 0 amide bonds. The zero-order chi connectivity index (χ0) is 24.7. The van der Waals surface area contributed by atoms with Crippen molar-refractivity contribution >= 4 is 23.2 Å². The minimum Gasteiger partial charge on any atom is -0.0622 e. The average Bonchev–Trinajstić information content (AvgIpc) is 2.96. The summed E-state index contributed by atoms with van der Waals surface area (Å²) in [7, 11) is -1.65. The van der Waals surface area contributed by atoms with Gasteiger partial charge in [-0.25, -0.2) is 0 Å². The van der Waals surface area contributed by atoms with Gasteiger partial charge in [0.25, 0.3) is 0 Å². The molecule has 0 unspecified atom stereocenters. The van der Waals surface area contributed by atoms with Crippen LogP contribution in [-0.4, -0.2) is 6.16 Å². The minimum atomic E-state index is -1.65. The Morgan fingerprint density at radius 2 is 0.667 bits per heavy atom. The maximum atomic E-state index is 2.37. The summed E-state index contributed by atoms with van der Waals surface area (Å²) in [6.45, 7) is 0. The largest absolute Gasteiger partial charge is 0.112 e. The molecule has 0 aliphatic heterocycles. The third kappa shape index (κ3) is 7.41. The van der Waals surface area contributed by atoms with Gasteiger partial charge in [0.15, 0.2) is 0 Å². The molecule has 0 nitrogen and oxygen atoms in total. The second-order valence-corrected chi connectivity index (χ2v) is 13.6. The van der Waals surface area contributed by atoms with Gasteiger partial charge in [-0.05, 0) is 67.6 Å². The van der Waals surface area contributed by atoms with E-state index < -0.39 is 7.26 Å². The monoisotopic (exact) mass is 493 g/mol. The molecule has 0 aliphatic rings. The quantitative estimate of drug-likeness (QED) is 0.115. The molecule has 0 bridgehead atoms. The molecule has 36 heavy (non-hydrogen) atoms. The number of rotatable bonds is 15. The van der Waals surface area contributed by atoms with Crippen LogP contribution in [0.4, 0.5) is 0 Å². The van der Waals surface area contributed by atoms with Crippen LogP contribution in [0.2, 0.25) is 0 Å². The molecule has 0 N–H and O–H groups in total. The van der Waals surface area contributed by atoms with Gasteiger partial charge >= 0.3 is 0 Å². The molecule has 0 aromatic heterocycles. The maximum Gasteiger partial charge on any atom is 0.112 e. The Balaban J connectivity index is 1.27. The highest BCUT2D eigenvalue weighted by molar-refractivity contribution is 7.95. The lowest BCUT2D eigenvalue weighted by atomic mass is 10.0. The first-order valence-corrected chi connectivity index (χ1v) is 16.0. The van der Waals surface area contributed by atoms with Crippen molar-refractivity contribution in [3.63, 3.8) is 0 Å². The van der Waals surface area contributed by atoms with Gasteiger partial charge in [0.2, 0.25) is 0 Å². The molecule has 0 saturated heterocycles. The highest BCUT2D eigenvalue weighted by Gasteiger charge is 2.44. The van der Waals surface area contributed by atoms with Crippen molar-refractivity contribution in [2.45, 2.75) is 64.2 Å². The van der Waals surface area contributed by atoms with Gasteiger partial charge in [0, 0.05) is 0 Å². The Labute approximate surface area is 220 Å². The lowest BCUT2D eigenvalue weighted by Crippen LogP contribution is -2.33. The number of hydrogen-bond acceptors (Lipinski definition) is 0. The molecule has 0 fully saturated rings. The third-order valence-electron chi connectivity index (χ3n) is 7.39. The molecular formula is C35H42P+. The molecule has 4 aromatic carbocycles. The summed E-state index contributed by atoms with van der Waals surface area (Å²) < 4.78 is 0. The van der Waals surface area contributed by atoms with Crippen molar-refractivity contribution in [2.24, 2.45) is 0 Å². The first-order chi connectivity index (χ1) is 17.9. The molecule has 0 atom stereocenters. The normalized spacial score (nSPS) is 11.4. The van der Waals surface area contributed by atoms with E-state index in [0.29, 0.717) is 0 Å². The smallest absolute Gasteiger partial charge is 0.0622 e. The van der Waals surface area contributed by atoms with Crippen molar-refractivity contribution in [3.05, 3.63) is 127 Å². The van der Waals surface area contributed by atoms with Crippen LogP contribution >= 0.6 is 7.26 Å². The Kier molecular flexibility index (Phi) is 10.8. The topological polar surface area (TPSA) is 0 Å². The predicted molar refractivity (Wildman–Crippen MR) is 162 cm³/mol. The molecule has 186 valence electrons. The van der Waals surface area contributed by atoms with Crippen LogP contribution in [0.15, 0.2) is 121 Å². The van der Waals surface area contributed by atoms with E-state index in [1.54, 1.807) is 0 Å². The van der Waals surface area contributed by atoms with E-state index in [1.165, 1.54) is 91.8 Å². The van der Waals surface area contributed by atoms with Crippen molar-refractivity contribution in [1.29, 1.82) is 0 Å². The standard InChI is InChI=1S/C35H42P/c1(2-4-6-12-22-32-23-13-8-14-24-32)3-5-7-21-31-36(33-25-15-9-16-26-33,34-27-17-10-18-28-34)35-29-19-11-20-30-35/h8-11,13-20,23-30H,1-7,12,21-22,31H2/q+1. The van der Waals surface area contributed by atoms with Gasteiger partial charge in [-0.15, -0.1) is 0 Å². The van der Waals surface area contributed by atoms with Crippen LogP contribution in [0.25, 0.3) is 0 Å². The van der Waals surface area contributed by atoms with Crippen LogP contribution in [0, 0.1) is 0 Å². The molecular weight excluding hydrogens is 451 g/mol. The zero-order valence-corrected chi connectivity index (χ0v) is 22.7. The van der Waals surface area contributed by atoms with Crippen LogP contribution < -0.4 is 15.9 Å². The zero-order valence-electron chi connectivity index (χ0n) is 21.8. The summed E-state index contributed by atoms with van der Waals surface area (Å²) in [6, 6.07) is 44.9. The molecule has 0 heterocycles. The van der Waals surface area contributed by atoms with Gasteiger partial charge in [-0.3, -0.25) is 0 Å². The number of hydrogen-bond donors (Lipinski definition) is 0. The predicted octanol–water partition coefficient (Wildman–Crippen LogP) is 8.73. The van der Waals surface area contributed by atoms with Crippen molar-refractivity contribution in [1.82, 2.24) is 0 Å². The van der Waals surface area contributed by atoms with Gasteiger partial charge in [-0.1, -0.05) is 123 Å². The van der Waals surface area contributed by atoms with Crippen LogP contribution in [0.1, 0.15) is 63.4 Å².